The molecule has 3 amide bonds. The minimum absolute atomic E-state index is 0.0893. The van der Waals surface area contributed by atoms with Crippen LogP contribution in [0.25, 0.3) is 0 Å². The van der Waals surface area contributed by atoms with E-state index in [4.69, 9.17) is 0 Å². The number of amides is 3. The third-order valence-corrected chi connectivity index (χ3v) is 2.61. The molecular formula is C11H21N3O2. The van der Waals surface area contributed by atoms with Crippen LogP contribution in [0.5, 0.6) is 0 Å². The van der Waals surface area contributed by atoms with Gasteiger partial charge < -0.3 is 16.0 Å². The maximum absolute atomic E-state index is 11.5. The lowest BCUT2D eigenvalue weighted by atomic mass is 9.93. The molecule has 0 heterocycles. The van der Waals surface area contributed by atoms with E-state index < -0.39 is 6.04 Å². The zero-order chi connectivity index (χ0) is 12.1. The summed E-state index contributed by atoms with van der Waals surface area (Å²) >= 11 is 0. The van der Waals surface area contributed by atoms with Gasteiger partial charge in [0.25, 0.3) is 0 Å². The third kappa shape index (κ3) is 4.08. The van der Waals surface area contributed by atoms with Gasteiger partial charge in [-0.2, -0.15) is 0 Å². The lowest BCUT2D eigenvalue weighted by molar-refractivity contribution is -0.123. The average molecular weight is 227 g/mol. The van der Waals surface area contributed by atoms with Gasteiger partial charge in [-0.3, -0.25) is 4.79 Å². The highest BCUT2D eigenvalue weighted by atomic mass is 16.2. The van der Waals surface area contributed by atoms with Crippen molar-refractivity contribution >= 4 is 11.9 Å². The van der Waals surface area contributed by atoms with Crippen LogP contribution in [0, 0.1) is 0 Å². The lowest BCUT2D eigenvalue weighted by Crippen LogP contribution is -2.52. The predicted molar refractivity (Wildman–Crippen MR) is 62.0 cm³/mol. The highest BCUT2D eigenvalue weighted by Gasteiger charge is 2.21. The van der Waals surface area contributed by atoms with Crippen LogP contribution in [-0.2, 0) is 4.79 Å². The molecule has 5 nitrogen and oxygen atoms in total. The van der Waals surface area contributed by atoms with Crippen LogP contribution in [0.4, 0.5) is 4.79 Å². The van der Waals surface area contributed by atoms with Gasteiger partial charge in [0.1, 0.15) is 6.04 Å². The first-order chi connectivity index (χ1) is 7.49. The van der Waals surface area contributed by atoms with Gasteiger partial charge in [-0.05, 0) is 40.0 Å². The van der Waals surface area contributed by atoms with Crippen molar-refractivity contribution in [3.8, 4) is 0 Å². The van der Waals surface area contributed by atoms with Crippen molar-refractivity contribution in [3.63, 3.8) is 0 Å². The van der Waals surface area contributed by atoms with Crippen molar-refractivity contribution in [1.82, 2.24) is 16.0 Å². The smallest absolute Gasteiger partial charge is 0.315 e. The van der Waals surface area contributed by atoms with Gasteiger partial charge in [-0.25, -0.2) is 4.79 Å². The summed E-state index contributed by atoms with van der Waals surface area (Å²) in [5.74, 6) is -0.154. The zero-order valence-electron chi connectivity index (χ0n) is 10.2. The highest BCUT2D eigenvalue weighted by molar-refractivity contribution is 5.86. The molecule has 3 N–H and O–H groups in total. The van der Waals surface area contributed by atoms with Crippen molar-refractivity contribution in [1.29, 1.82) is 0 Å². The molecule has 0 spiro atoms. The number of carbonyl (C=O) groups excluding carboxylic acids is 2. The van der Waals surface area contributed by atoms with E-state index >= 15 is 0 Å². The second-order valence-electron chi connectivity index (χ2n) is 4.63. The Morgan fingerprint density at radius 1 is 1.12 bits per heavy atom. The minimum atomic E-state index is -0.498. The Morgan fingerprint density at radius 3 is 2.19 bits per heavy atom. The van der Waals surface area contributed by atoms with Crippen LogP contribution in [0.1, 0.15) is 40.0 Å². The molecule has 0 radical (unpaired) electrons. The van der Waals surface area contributed by atoms with Crippen LogP contribution in [0.15, 0.2) is 0 Å². The first-order valence-electron chi connectivity index (χ1n) is 5.86. The van der Waals surface area contributed by atoms with E-state index in [0.29, 0.717) is 6.04 Å². The Bertz CT molecular complexity index is 262. The Kier molecular flexibility index (Phi) is 4.58. The average Bonchev–Trinajstić information content (AvgIpc) is 2.10. The largest absolute Gasteiger partial charge is 0.352 e. The summed E-state index contributed by atoms with van der Waals surface area (Å²) in [5.41, 5.74) is 0. The summed E-state index contributed by atoms with van der Waals surface area (Å²) in [6, 6.07) is -0.370. The molecule has 5 heteroatoms. The normalized spacial score (nSPS) is 17.5. The summed E-state index contributed by atoms with van der Waals surface area (Å²) in [6.07, 6.45) is 3.26. The molecule has 0 aromatic rings. The van der Waals surface area contributed by atoms with Gasteiger partial charge in [-0.1, -0.05) is 0 Å². The van der Waals surface area contributed by atoms with Gasteiger partial charge in [0.05, 0.1) is 0 Å². The summed E-state index contributed by atoms with van der Waals surface area (Å²) in [5, 5.41) is 8.20. The molecule has 1 aliphatic rings. The van der Waals surface area contributed by atoms with Crippen molar-refractivity contribution in [2.45, 2.75) is 58.2 Å². The Morgan fingerprint density at radius 2 is 1.75 bits per heavy atom. The molecular weight excluding hydrogens is 206 g/mol. The maximum Gasteiger partial charge on any atom is 0.315 e. The number of urea groups is 1. The number of rotatable bonds is 4. The van der Waals surface area contributed by atoms with Gasteiger partial charge in [0.15, 0.2) is 0 Å². The Hall–Kier alpha value is -1.26. The molecule has 0 bridgehead atoms. The SMILES string of the molecule is CC(C)NC(=O)C(C)NC(=O)NC1CCC1. The molecule has 0 aliphatic heterocycles. The summed E-state index contributed by atoms with van der Waals surface area (Å²) in [7, 11) is 0. The molecule has 0 aromatic heterocycles. The van der Waals surface area contributed by atoms with Crippen molar-refractivity contribution in [2.24, 2.45) is 0 Å². The van der Waals surface area contributed by atoms with Gasteiger partial charge >= 0.3 is 6.03 Å². The molecule has 1 aliphatic carbocycles. The van der Waals surface area contributed by atoms with Crippen molar-refractivity contribution < 1.29 is 9.59 Å². The lowest BCUT2D eigenvalue weighted by Gasteiger charge is -2.27. The van der Waals surface area contributed by atoms with Crippen LogP contribution >= 0.6 is 0 Å². The highest BCUT2D eigenvalue weighted by Crippen LogP contribution is 2.17. The minimum Gasteiger partial charge on any atom is -0.352 e. The van der Waals surface area contributed by atoms with Crippen molar-refractivity contribution in [2.75, 3.05) is 0 Å². The second kappa shape index (κ2) is 5.72. The predicted octanol–water partition coefficient (Wildman–Crippen LogP) is 0.751. The standard InChI is InChI=1S/C11H21N3O2/c1-7(2)12-10(15)8(3)13-11(16)14-9-5-4-6-9/h7-9H,4-6H2,1-3H3,(H,12,15)(H2,13,14,16). The summed E-state index contributed by atoms with van der Waals surface area (Å²) in [6.45, 7) is 5.45. The second-order valence-corrected chi connectivity index (χ2v) is 4.63. The number of hydrogen-bond donors (Lipinski definition) is 3. The van der Waals surface area contributed by atoms with E-state index in [1.807, 2.05) is 13.8 Å². The molecule has 1 saturated carbocycles. The van der Waals surface area contributed by atoms with Crippen LogP contribution < -0.4 is 16.0 Å². The fourth-order valence-electron chi connectivity index (χ4n) is 1.45. The van der Waals surface area contributed by atoms with Gasteiger partial charge in [0.2, 0.25) is 5.91 Å². The third-order valence-electron chi connectivity index (χ3n) is 2.61. The number of hydrogen-bond acceptors (Lipinski definition) is 2. The van der Waals surface area contributed by atoms with E-state index in [1.165, 1.54) is 6.42 Å². The molecule has 1 fully saturated rings. The van der Waals surface area contributed by atoms with E-state index in [1.54, 1.807) is 6.92 Å². The van der Waals surface area contributed by atoms with Gasteiger partial charge in [0, 0.05) is 12.1 Å². The first kappa shape index (κ1) is 12.8. The number of nitrogens with one attached hydrogen (secondary N) is 3. The fourth-order valence-corrected chi connectivity index (χ4v) is 1.45. The molecule has 16 heavy (non-hydrogen) atoms. The molecule has 1 rings (SSSR count). The summed E-state index contributed by atoms with van der Waals surface area (Å²) in [4.78, 5) is 22.9. The summed E-state index contributed by atoms with van der Waals surface area (Å²) < 4.78 is 0. The first-order valence-corrected chi connectivity index (χ1v) is 5.86. The topological polar surface area (TPSA) is 70.2 Å². The van der Waals surface area contributed by atoms with Crippen LogP contribution in [0.3, 0.4) is 0 Å². The van der Waals surface area contributed by atoms with Crippen LogP contribution in [-0.4, -0.2) is 30.1 Å². The Balaban J connectivity index is 2.23. The van der Waals surface area contributed by atoms with E-state index in [2.05, 4.69) is 16.0 Å². The van der Waals surface area contributed by atoms with Crippen LogP contribution in [0.2, 0.25) is 0 Å². The van der Waals surface area contributed by atoms with E-state index in [-0.39, 0.29) is 18.0 Å². The molecule has 0 aromatic carbocycles. The molecule has 92 valence electrons. The maximum atomic E-state index is 11.5. The zero-order valence-corrected chi connectivity index (χ0v) is 10.2. The van der Waals surface area contributed by atoms with Gasteiger partial charge in [-0.15, -0.1) is 0 Å². The Labute approximate surface area is 96.4 Å². The van der Waals surface area contributed by atoms with E-state index in [9.17, 15) is 9.59 Å². The number of carbonyl (C=O) groups is 2. The van der Waals surface area contributed by atoms with E-state index in [0.717, 1.165) is 12.8 Å². The molecule has 0 saturated heterocycles. The quantitative estimate of drug-likeness (QED) is 0.663. The monoisotopic (exact) mass is 227 g/mol. The van der Waals surface area contributed by atoms with Crippen molar-refractivity contribution in [3.05, 3.63) is 0 Å². The molecule has 1 unspecified atom stereocenters. The fraction of sp³-hybridized carbons (Fsp3) is 0.818. The molecule has 1 atom stereocenters.